The summed E-state index contributed by atoms with van der Waals surface area (Å²) in [6.07, 6.45) is 1.09. The van der Waals surface area contributed by atoms with E-state index < -0.39 is 0 Å². The molecular formula is C52H42N2. The number of aryl methyl sites for hydroxylation is 1. The minimum atomic E-state index is -0.370. The second-order valence-corrected chi connectivity index (χ2v) is 14.5. The van der Waals surface area contributed by atoms with Gasteiger partial charge in [0, 0.05) is 22.7 Å². The van der Waals surface area contributed by atoms with Gasteiger partial charge in [-0.1, -0.05) is 182 Å². The lowest BCUT2D eigenvalue weighted by atomic mass is 9.58. The van der Waals surface area contributed by atoms with Gasteiger partial charge in [0.2, 0.25) is 0 Å². The first-order valence-corrected chi connectivity index (χ1v) is 18.9. The maximum Gasteiger partial charge on any atom is 0.0725 e. The molecule has 2 heteroatoms. The average molecular weight is 695 g/mol. The Labute approximate surface area is 318 Å². The molecule has 0 radical (unpaired) electrons. The minimum absolute atomic E-state index is 0.370. The van der Waals surface area contributed by atoms with Crippen LogP contribution in [0.1, 0.15) is 69.3 Å². The van der Waals surface area contributed by atoms with Crippen molar-refractivity contribution in [2.75, 3.05) is 5.73 Å². The molecule has 0 saturated carbocycles. The van der Waals surface area contributed by atoms with E-state index in [0.717, 1.165) is 17.5 Å². The van der Waals surface area contributed by atoms with Crippen molar-refractivity contribution in [2.45, 2.75) is 31.6 Å². The zero-order valence-electron chi connectivity index (χ0n) is 30.7. The highest BCUT2D eigenvalue weighted by Crippen LogP contribution is 2.63. The fraction of sp³-hybridized carbons (Fsp3) is 0.0962. The van der Waals surface area contributed by atoms with E-state index >= 15 is 0 Å². The fourth-order valence-corrected chi connectivity index (χ4v) is 9.13. The molecule has 0 fully saturated rings. The van der Waals surface area contributed by atoms with Gasteiger partial charge in [0.25, 0.3) is 0 Å². The average Bonchev–Trinajstić information content (AvgIpc) is 3.52. The molecular weight excluding hydrogens is 653 g/mol. The Morgan fingerprint density at radius 2 is 1.17 bits per heavy atom. The molecule has 0 atom stereocenters. The Morgan fingerprint density at radius 3 is 1.87 bits per heavy atom. The Morgan fingerprint density at radius 1 is 0.574 bits per heavy atom. The summed E-state index contributed by atoms with van der Waals surface area (Å²) in [5.74, 6) is 0.394. The van der Waals surface area contributed by atoms with E-state index in [1.807, 2.05) is 54.6 Å². The van der Waals surface area contributed by atoms with E-state index in [9.17, 15) is 0 Å². The first kappa shape index (κ1) is 33.3. The van der Waals surface area contributed by atoms with Gasteiger partial charge in [-0.25, -0.2) is 0 Å². The molecule has 0 bridgehead atoms. The lowest BCUT2D eigenvalue weighted by Crippen LogP contribution is -2.35. The van der Waals surface area contributed by atoms with Crippen LogP contribution < -0.4 is 5.73 Å². The third-order valence-corrected chi connectivity index (χ3v) is 11.6. The molecule has 2 nitrogen and oxygen atoms in total. The van der Waals surface area contributed by atoms with E-state index in [1.54, 1.807) is 0 Å². The predicted molar refractivity (Wildman–Crippen MR) is 227 cm³/mol. The van der Waals surface area contributed by atoms with Crippen LogP contribution in [0.4, 0.5) is 5.69 Å². The van der Waals surface area contributed by atoms with Gasteiger partial charge in [-0.15, -0.1) is 0 Å². The van der Waals surface area contributed by atoms with Gasteiger partial charge in [-0.2, -0.15) is 0 Å². The van der Waals surface area contributed by atoms with E-state index in [-0.39, 0.29) is 5.41 Å². The Hall–Kier alpha value is -6.51. The lowest BCUT2D eigenvalue weighted by Gasteiger charge is -2.43. The second-order valence-electron chi connectivity index (χ2n) is 14.5. The number of para-hydroxylation sites is 1. The summed E-state index contributed by atoms with van der Waals surface area (Å²) in [7, 11) is 0. The maximum absolute atomic E-state index is 8.03. The van der Waals surface area contributed by atoms with Crippen molar-refractivity contribution in [3.8, 4) is 22.3 Å². The summed E-state index contributed by atoms with van der Waals surface area (Å²) in [6, 6.07) is 65.4. The number of hydrogen-bond donors (Lipinski definition) is 2. The standard InChI is InChI=1S/C39H30.C13H12N2/c1-3-29-31-12-6-8-14-35(31)39(36-15-9-7-13-32(29)36)37-24-28(26-18-16-25(2)17-19-26)21-22-33(37)34-23-20-27-10-4-5-11-30(27)38(34)39;14-12-9-5-4-8-11(12)13(15)10-6-2-1-3-7-10/h4-24,29H,3H2,1-2H3;1-9,15H,14H2. The quantitative estimate of drug-likeness (QED) is 0.140. The summed E-state index contributed by atoms with van der Waals surface area (Å²) in [5, 5.41) is 10.7. The van der Waals surface area contributed by atoms with Crippen molar-refractivity contribution < 1.29 is 0 Å². The molecule has 3 N–H and O–H groups in total. The van der Waals surface area contributed by atoms with Gasteiger partial charge in [0.15, 0.2) is 0 Å². The Bertz CT molecular complexity index is 2640. The molecule has 0 heterocycles. The first-order valence-electron chi connectivity index (χ1n) is 18.9. The number of fused-ring (bicyclic) bond motifs is 11. The number of nitrogens with two attached hydrogens (primary N) is 1. The highest BCUT2D eigenvalue weighted by Gasteiger charge is 2.52. The van der Waals surface area contributed by atoms with Crippen molar-refractivity contribution in [1.82, 2.24) is 0 Å². The van der Waals surface area contributed by atoms with Crippen LogP contribution in [0.5, 0.6) is 0 Å². The number of benzene rings is 8. The molecule has 260 valence electrons. The second kappa shape index (κ2) is 13.5. The third kappa shape index (κ3) is 5.21. The summed E-state index contributed by atoms with van der Waals surface area (Å²) < 4.78 is 0. The molecule has 0 unspecified atom stereocenters. The van der Waals surface area contributed by atoms with Crippen LogP contribution in [0.25, 0.3) is 33.0 Å². The van der Waals surface area contributed by atoms with Crippen molar-refractivity contribution in [3.05, 3.63) is 232 Å². The molecule has 1 spiro atoms. The summed E-state index contributed by atoms with van der Waals surface area (Å²) in [6.45, 7) is 4.49. The van der Waals surface area contributed by atoms with Crippen LogP contribution in [-0.2, 0) is 5.41 Å². The van der Waals surface area contributed by atoms with Gasteiger partial charge in [0.05, 0.1) is 11.1 Å². The highest BCUT2D eigenvalue weighted by atomic mass is 14.6. The van der Waals surface area contributed by atoms with Crippen LogP contribution in [0.2, 0.25) is 0 Å². The molecule has 8 aromatic rings. The van der Waals surface area contributed by atoms with E-state index in [4.69, 9.17) is 11.1 Å². The maximum atomic E-state index is 8.03. The number of nitrogen functional groups attached to an aromatic ring is 1. The molecule has 0 amide bonds. The van der Waals surface area contributed by atoms with Crippen molar-refractivity contribution in [1.29, 1.82) is 5.41 Å². The first-order chi connectivity index (χ1) is 26.5. The van der Waals surface area contributed by atoms with E-state index in [1.165, 1.54) is 72.0 Å². The van der Waals surface area contributed by atoms with Crippen LogP contribution in [-0.4, -0.2) is 5.71 Å². The van der Waals surface area contributed by atoms with Crippen LogP contribution in [0.15, 0.2) is 182 Å². The molecule has 2 aliphatic carbocycles. The predicted octanol–water partition coefficient (Wildman–Crippen LogP) is 12.7. The van der Waals surface area contributed by atoms with E-state index in [2.05, 4.69) is 141 Å². The van der Waals surface area contributed by atoms with Crippen LogP contribution in [0.3, 0.4) is 0 Å². The van der Waals surface area contributed by atoms with Gasteiger partial charge < -0.3 is 5.73 Å². The minimum Gasteiger partial charge on any atom is -0.398 e. The number of rotatable bonds is 4. The molecule has 0 aromatic heterocycles. The molecule has 2 aliphatic rings. The van der Waals surface area contributed by atoms with Crippen molar-refractivity contribution in [3.63, 3.8) is 0 Å². The lowest BCUT2D eigenvalue weighted by molar-refractivity contribution is 0.652. The molecule has 0 aliphatic heterocycles. The Balaban J connectivity index is 0.000000216. The summed E-state index contributed by atoms with van der Waals surface area (Å²) >= 11 is 0. The number of nitrogens with one attached hydrogen (secondary N) is 1. The van der Waals surface area contributed by atoms with Crippen molar-refractivity contribution >= 4 is 22.2 Å². The van der Waals surface area contributed by atoms with Gasteiger partial charge in [-0.3, -0.25) is 5.41 Å². The topological polar surface area (TPSA) is 49.9 Å². The van der Waals surface area contributed by atoms with Gasteiger partial charge >= 0.3 is 0 Å². The summed E-state index contributed by atoms with van der Waals surface area (Å²) in [4.78, 5) is 0. The fourth-order valence-electron chi connectivity index (χ4n) is 9.13. The SMILES string of the molecule is CCC1c2ccccc2C2(c3cc(-c4ccc(C)cc4)ccc3-c3ccc4ccccc4c32)c2ccccc21.N=C(c1ccccc1)c1ccccc1N. The summed E-state index contributed by atoms with van der Waals surface area (Å²) in [5.41, 5.74) is 23.4. The molecule has 8 aromatic carbocycles. The van der Waals surface area contributed by atoms with E-state index in [0.29, 0.717) is 17.3 Å². The van der Waals surface area contributed by atoms with Gasteiger partial charge in [0.1, 0.15) is 0 Å². The smallest absolute Gasteiger partial charge is 0.0725 e. The zero-order valence-corrected chi connectivity index (χ0v) is 30.7. The monoisotopic (exact) mass is 694 g/mol. The number of hydrogen-bond acceptors (Lipinski definition) is 2. The highest BCUT2D eigenvalue weighted by molar-refractivity contribution is 6.13. The van der Waals surface area contributed by atoms with Crippen molar-refractivity contribution in [2.24, 2.45) is 0 Å². The normalized spacial score (nSPS) is 16.1. The zero-order chi connectivity index (χ0) is 36.8. The number of anilines is 1. The molecule has 54 heavy (non-hydrogen) atoms. The van der Waals surface area contributed by atoms with Gasteiger partial charge in [-0.05, 0) is 91.9 Å². The van der Waals surface area contributed by atoms with Crippen LogP contribution in [0, 0.1) is 12.3 Å². The molecule has 10 rings (SSSR count). The Kier molecular flexibility index (Phi) is 8.32. The van der Waals surface area contributed by atoms with Crippen LogP contribution >= 0.6 is 0 Å². The molecule has 0 saturated heterocycles. The largest absolute Gasteiger partial charge is 0.398 e. The third-order valence-electron chi connectivity index (χ3n) is 11.6.